The maximum Gasteiger partial charge on any atom is 0.251 e. The zero-order valence-electron chi connectivity index (χ0n) is 14.8. The van der Waals surface area contributed by atoms with Gasteiger partial charge in [-0.15, -0.1) is 0 Å². The molecule has 1 N–H and O–H groups in total. The Morgan fingerprint density at radius 2 is 2.08 bits per heavy atom. The number of nitrogens with zero attached hydrogens (tertiary/aromatic N) is 4. The lowest BCUT2D eigenvalue weighted by atomic mass is 10.1. The van der Waals surface area contributed by atoms with Crippen LogP contribution in [0.25, 0.3) is 0 Å². The summed E-state index contributed by atoms with van der Waals surface area (Å²) >= 11 is 0. The summed E-state index contributed by atoms with van der Waals surface area (Å²) in [6, 6.07) is 11.7. The number of carbonyl (C=O) groups excluding carboxylic acids is 1. The van der Waals surface area contributed by atoms with Gasteiger partial charge in [-0.2, -0.15) is 10.2 Å². The largest absolute Gasteiger partial charge is 0.350 e. The van der Waals surface area contributed by atoms with Crippen molar-refractivity contribution in [2.45, 2.75) is 33.4 Å². The number of aryl methyl sites for hydroxylation is 2. The predicted octanol–water partition coefficient (Wildman–Crippen LogP) is 2.74. The molecule has 0 fully saturated rings. The molecule has 0 saturated carbocycles. The zero-order valence-corrected chi connectivity index (χ0v) is 14.8. The van der Waals surface area contributed by atoms with E-state index in [9.17, 15) is 4.79 Å². The first-order chi connectivity index (χ1) is 12.0. The molecule has 1 aromatic carbocycles. The van der Waals surface area contributed by atoms with Crippen molar-refractivity contribution >= 4 is 5.91 Å². The van der Waals surface area contributed by atoms with Crippen LogP contribution in [-0.4, -0.2) is 32.0 Å². The Bertz CT molecular complexity index is 851. The van der Waals surface area contributed by atoms with E-state index in [0.29, 0.717) is 18.7 Å². The Morgan fingerprint density at radius 1 is 1.24 bits per heavy atom. The van der Waals surface area contributed by atoms with Gasteiger partial charge >= 0.3 is 0 Å². The van der Waals surface area contributed by atoms with Crippen LogP contribution < -0.4 is 5.32 Å². The minimum Gasteiger partial charge on any atom is -0.350 e. The molecule has 1 atom stereocenters. The molecular weight excluding hydrogens is 314 g/mol. The van der Waals surface area contributed by atoms with E-state index in [1.54, 1.807) is 6.20 Å². The van der Waals surface area contributed by atoms with E-state index in [-0.39, 0.29) is 11.9 Å². The summed E-state index contributed by atoms with van der Waals surface area (Å²) in [5.41, 5.74) is 3.79. The lowest BCUT2D eigenvalue weighted by molar-refractivity contribution is 0.0947. The SMILES string of the molecule is Cc1cc(C)n([C@@H](C)CNC(=O)c2cccc(Cn3cccn3)c2)n1. The molecule has 2 heterocycles. The molecule has 0 bridgehead atoms. The maximum absolute atomic E-state index is 12.5. The van der Waals surface area contributed by atoms with Crippen LogP contribution in [0.15, 0.2) is 48.8 Å². The van der Waals surface area contributed by atoms with Crippen LogP contribution in [0, 0.1) is 13.8 Å². The lowest BCUT2D eigenvalue weighted by Crippen LogP contribution is -2.30. The van der Waals surface area contributed by atoms with Gasteiger partial charge in [0.2, 0.25) is 0 Å². The Hall–Kier alpha value is -2.89. The molecule has 0 spiro atoms. The van der Waals surface area contributed by atoms with Crippen molar-refractivity contribution in [1.82, 2.24) is 24.9 Å². The van der Waals surface area contributed by atoms with E-state index in [0.717, 1.165) is 17.0 Å². The highest BCUT2D eigenvalue weighted by atomic mass is 16.1. The van der Waals surface area contributed by atoms with Crippen LogP contribution in [0.1, 0.15) is 40.3 Å². The number of rotatable bonds is 6. The monoisotopic (exact) mass is 337 g/mol. The second kappa shape index (κ2) is 7.34. The molecule has 0 aliphatic rings. The Kier molecular flexibility index (Phi) is 4.97. The molecule has 0 aliphatic carbocycles. The number of benzene rings is 1. The Balaban J connectivity index is 1.62. The zero-order chi connectivity index (χ0) is 17.8. The van der Waals surface area contributed by atoms with E-state index >= 15 is 0 Å². The average Bonchev–Trinajstić information content (AvgIpc) is 3.21. The highest BCUT2D eigenvalue weighted by molar-refractivity contribution is 5.94. The second-order valence-corrected chi connectivity index (χ2v) is 6.33. The number of carbonyl (C=O) groups is 1. The number of nitrogens with one attached hydrogen (secondary N) is 1. The van der Waals surface area contributed by atoms with E-state index in [1.807, 2.05) is 72.7 Å². The van der Waals surface area contributed by atoms with Crippen molar-refractivity contribution in [2.24, 2.45) is 0 Å². The molecule has 0 saturated heterocycles. The molecule has 0 unspecified atom stereocenters. The summed E-state index contributed by atoms with van der Waals surface area (Å²) in [5.74, 6) is -0.0734. The number of aromatic nitrogens is 4. The van der Waals surface area contributed by atoms with Crippen molar-refractivity contribution in [3.8, 4) is 0 Å². The first-order valence-electron chi connectivity index (χ1n) is 8.40. The van der Waals surface area contributed by atoms with Crippen LogP contribution in [0.4, 0.5) is 0 Å². The summed E-state index contributed by atoms with van der Waals surface area (Å²) in [6.07, 6.45) is 3.65. The van der Waals surface area contributed by atoms with Gasteiger partial charge < -0.3 is 5.32 Å². The van der Waals surface area contributed by atoms with Crippen molar-refractivity contribution in [1.29, 1.82) is 0 Å². The molecular formula is C19H23N5O. The van der Waals surface area contributed by atoms with E-state index in [1.165, 1.54) is 0 Å². The molecule has 0 radical (unpaired) electrons. The van der Waals surface area contributed by atoms with Crippen LogP contribution in [0.3, 0.4) is 0 Å². The molecule has 2 aromatic heterocycles. The second-order valence-electron chi connectivity index (χ2n) is 6.33. The van der Waals surface area contributed by atoms with Crippen molar-refractivity contribution in [3.63, 3.8) is 0 Å². The van der Waals surface area contributed by atoms with Gasteiger partial charge in [0.25, 0.3) is 5.91 Å². The molecule has 1 amide bonds. The summed E-state index contributed by atoms with van der Waals surface area (Å²) < 4.78 is 3.78. The van der Waals surface area contributed by atoms with Crippen LogP contribution >= 0.6 is 0 Å². The first kappa shape index (κ1) is 17.0. The molecule has 25 heavy (non-hydrogen) atoms. The third kappa shape index (κ3) is 4.15. The van der Waals surface area contributed by atoms with Gasteiger partial charge in [0.15, 0.2) is 0 Å². The van der Waals surface area contributed by atoms with Crippen LogP contribution in [-0.2, 0) is 6.54 Å². The fraction of sp³-hybridized carbons (Fsp3) is 0.316. The fourth-order valence-electron chi connectivity index (χ4n) is 2.91. The summed E-state index contributed by atoms with van der Waals surface area (Å²) in [4.78, 5) is 12.5. The smallest absolute Gasteiger partial charge is 0.251 e. The van der Waals surface area contributed by atoms with Gasteiger partial charge in [0, 0.05) is 30.2 Å². The van der Waals surface area contributed by atoms with E-state index in [2.05, 4.69) is 15.5 Å². The minimum atomic E-state index is -0.0734. The van der Waals surface area contributed by atoms with Gasteiger partial charge in [-0.3, -0.25) is 14.2 Å². The summed E-state index contributed by atoms with van der Waals surface area (Å²) in [5, 5.41) is 11.7. The van der Waals surface area contributed by atoms with Crippen molar-refractivity contribution in [3.05, 3.63) is 71.3 Å². The topological polar surface area (TPSA) is 64.7 Å². The predicted molar refractivity (Wildman–Crippen MR) is 96.5 cm³/mol. The number of hydrogen-bond acceptors (Lipinski definition) is 3. The third-order valence-corrected chi connectivity index (χ3v) is 4.11. The van der Waals surface area contributed by atoms with Crippen LogP contribution in [0.5, 0.6) is 0 Å². The molecule has 130 valence electrons. The highest BCUT2D eigenvalue weighted by Crippen LogP contribution is 2.11. The third-order valence-electron chi connectivity index (χ3n) is 4.11. The van der Waals surface area contributed by atoms with E-state index < -0.39 is 0 Å². The van der Waals surface area contributed by atoms with Gasteiger partial charge in [0.05, 0.1) is 18.3 Å². The fourth-order valence-corrected chi connectivity index (χ4v) is 2.91. The number of amides is 1. The highest BCUT2D eigenvalue weighted by Gasteiger charge is 2.12. The molecule has 6 heteroatoms. The number of hydrogen-bond donors (Lipinski definition) is 1. The van der Waals surface area contributed by atoms with Gasteiger partial charge in [-0.25, -0.2) is 0 Å². The summed E-state index contributed by atoms with van der Waals surface area (Å²) in [6.45, 7) is 7.23. The molecule has 3 rings (SSSR count). The molecule has 3 aromatic rings. The van der Waals surface area contributed by atoms with E-state index in [4.69, 9.17) is 0 Å². The Labute approximate surface area is 147 Å². The van der Waals surface area contributed by atoms with Gasteiger partial charge in [-0.05, 0) is 50.6 Å². The van der Waals surface area contributed by atoms with Crippen LogP contribution in [0.2, 0.25) is 0 Å². The molecule has 6 nitrogen and oxygen atoms in total. The molecule has 0 aliphatic heterocycles. The average molecular weight is 337 g/mol. The normalized spacial score (nSPS) is 12.1. The van der Waals surface area contributed by atoms with Gasteiger partial charge in [0.1, 0.15) is 0 Å². The van der Waals surface area contributed by atoms with Crippen molar-refractivity contribution in [2.75, 3.05) is 6.54 Å². The minimum absolute atomic E-state index is 0.0734. The van der Waals surface area contributed by atoms with Gasteiger partial charge in [-0.1, -0.05) is 12.1 Å². The van der Waals surface area contributed by atoms with Crippen molar-refractivity contribution < 1.29 is 4.79 Å². The Morgan fingerprint density at radius 3 is 2.76 bits per heavy atom. The summed E-state index contributed by atoms with van der Waals surface area (Å²) in [7, 11) is 0. The maximum atomic E-state index is 12.5. The first-order valence-corrected chi connectivity index (χ1v) is 8.40. The quantitative estimate of drug-likeness (QED) is 0.752. The standard InChI is InChI=1S/C19H23N5O/c1-14-10-15(2)24(22-14)16(3)12-20-19(25)18-7-4-6-17(11-18)13-23-9-5-8-21-23/h4-11,16H,12-13H2,1-3H3,(H,20,25)/t16-/m0/s1. The lowest BCUT2D eigenvalue weighted by Gasteiger charge is -2.15.